The van der Waals surface area contributed by atoms with Crippen molar-refractivity contribution in [3.05, 3.63) is 35.9 Å². The number of nitrogens with zero attached hydrogens (tertiary/aromatic N) is 4. The number of aromatic nitrogens is 4. The summed E-state index contributed by atoms with van der Waals surface area (Å²) in [6.07, 6.45) is 6.95. The number of hydrogen-bond donors (Lipinski definition) is 1. The lowest BCUT2D eigenvalue weighted by Gasteiger charge is -2.41. The predicted molar refractivity (Wildman–Crippen MR) is 98.6 cm³/mol. The molecule has 3 aromatic rings. The van der Waals surface area contributed by atoms with Crippen molar-refractivity contribution >= 4 is 17.4 Å². The van der Waals surface area contributed by atoms with Crippen LogP contribution in [0.25, 0.3) is 5.65 Å². The second-order valence-corrected chi connectivity index (χ2v) is 7.80. The summed E-state index contributed by atoms with van der Waals surface area (Å²) in [6.45, 7) is 6.82. The van der Waals surface area contributed by atoms with Crippen LogP contribution in [0, 0.1) is 6.92 Å². The van der Waals surface area contributed by atoms with E-state index in [0.29, 0.717) is 36.4 Å². The van der Waals surface area contributed by atoms with Crippen molar-refractivity contribution in [3.8, 4) is 5.88 Å². The highest BCUT2D eigenvalue weighted by molar-refractivity contribution is 6.02. The fraction of sp³-hybridized carbons (Fsp3) is 0.474. The van der Waals surface area contributed by atoms with Gasteiger partial charge in [-0.1, -0.05) is 0 Å². The van der Waals surface area contributed by atoms with Gasteiger partial charge in [-0.05, 0) is 26.7 Å². The van der Waals surface area contributed by atoms with Gasteiger partial charge < -0.3 is 19.2 Å². The summed E-state index contributed by atoms with van der Waals surface area (Å²) in [4.78, 5) is 25.6. The lowest BCUT2D eigenvalue weighted by Crippen LogP contribution is -2.45. The molecule has 3 aromatic heterocycles. The van der Waals surface area contributed by atoms with Crippen LogP contribution in [-0.4, -0.2) is 44.1 Å². The van der Waals surface area contributed by atoms with Crippen molar-refractivity contribution in [2.75, 3.05) is 18.5 Å². The van der Waals surface area contributed by atoms with Crippen LogP contribution < -0.4 is 10.1 Å². The van der Waals surface area contributed by atoms with Crippen LogP contribution in [0.1, 0.15) is 48.8 Å². The van der Waals surface area contributed by atoms with E-state index < -0.39 is 5.91 Å². The highest BCUT2D eigenvalue weighted by Gasteiger charge is 2.61. The molecule has 1 saturated carbocycles. The summed E-state index contributed by atoms with van der Waals surface area (Å²) in [7, 11) is 0. The first-order valence-corrected chi connectivity index (χ1v) is 9.30. The van der Waals surface area contributed by atoms with Gasteiger partial charge in [0.2, 0.25) is 5.65 Å². The van der Waals surface area contributed by atoms with E-state index >= 15 is 0 Å². The van der Waals surface area contributed by atoms with E-state index in [4.69, 9.17) is 18.9 Å². The average Bonchev–Trinajstić information content (AvgIpc) is 3.36. The third kappa shape index (κ3) is 2.57. The molecule has 2 aliphatic heterocycles. The number of rotatable bonds is 5. The van der Waals surface area contributed by atoms with Crippen molar-refractivity contribution in [1.29, 1.82) is 0 Å². The summed E-state index contributed by atoms with van der Waals surface area (Å²) >= 11 is 0. The maximum absolute atomic E-state index is 12.4. The quantitative estimate of drug-likeness (QED) is 0.722. The number of ether oxygens (including phenoxy) is 2. The maximum Gasteiger partial charge on any atom is 0.278 e. The fourth-order valence-corrected chi connectivity index (χ4v) is 4.32. The standard InChI is InChI=1S/C19H21N5O4/c1-4-26-17-15-21-13(19-8-18(3,9-19)28-10-19)5-24(15)6-14(23-17)22-16(25)12-7-27-11(2)20-12/h5-7H,4,8-10H2,1-3H3,(H,22,25). The molecule has 6 rings (SSSR count). The van der Waals surface area contributed by atoms with Crippen LogP contribution in [-0.2, 0) is 10.2 Å². The summed E-state index contributed by atoms with van der Waals surface area (Å²) in [5, 5.41) is 2.74. The topological polar surface area (TPSA) is 104 Å². The van der Waals surface area contributed by atoms with Crippen LogP contribution in [0.2, 0.25) is 0 Å². The number of anilines is 1. The van der Waals surface area contributed by atoms with Crippen LogP contribution in [0.5, 0.6) is 5.88 Å². The van der Waals surface area contributed by atoms with Gasteiger partial charge in [0, 0.05) is 18.5 Å². The van der Waals surface area contributed by atoms with Gasteiger partial charge >= 0.3 is 0 Å². The number of aryl methyl sites for hydroxylation is 1. The van der Waals surface area contributed by atoms with E-state index in [1.54, 1.807) is 13.1 Å². The molecule has 0 aromatic carbocycles. The number of carbonyl (C=O) groups is 1. The first kappa shape index (κ1) is 17.2. The second kappa shape index (κ2) is 5.78. The highest BCUT2D eigenvalue weighted by atomic mass is 16.5. The normalized spacial score (nSPS) is 25.7. The Bertz CT molecular complexity index is 1080. The van der Waals surface area contributed by atoms with Crippen LogP contribution in [0.15, 0.2) is 23.1 Å². The number of nitrogens with one attached hydrogen (secondary N) is 1. The zero-order valence-corrected chi connectivity index (χ0v) is 16.0. The molecule has 1 N–H and O–H groups in total. The van der Waals surface area contributed by atoms with Crippen LogP contribution >= 0.6 is 0 Å². The third-order valence-electron chi connectivity index (χ3n) is 5.45. The zero-order chi connectivity index (χ0) is 19.5. The van der Waals surface area contributed by atoms with Crippen molar-refractivity contribution in [3.63, 3.8) is 0 Å². The molecule has 1 aliphatic carbocycles. The van der Waals surface area contributed by atoms with Gasteiger partial charge in [-0.25, -0.2) is 9.97 Å². The number of carbonyl (C=O) groups excluding carboxylic acids is 1. The SMILES string of the molecule is CCOc1nc(NC(=O)c2coc(C)n2)cn2cc(C34COC(C)(C3)C4)nc12. The monoisotopic (exact) mass is 383 g/mol. The number of imidazole rings is 1. The van der Waals surface area contributed by atoms with Gasteiger partial charge in [0.05, 0.1) is 30.7 Å². The Hall–Kier alpha value is -2.94. The Labute approximate surface area is 161 Å². The maximum atomic E-state index is 12.4. The van der Waals surface area contributed by atoms with E-state index in [2.05, 4.69) is 22.2 Å². The summed E-state index contributed by atoms with van der Waals surface area (Å²) in [5.41, 5.74) is 1.74. The molecule has 0 spiro atoms. The number of fused-ring (bicyclic) bond motifs is 2. The van der Waals surface area contributed by atoms with E-state index in [9.17, 15) is 4.79 Å². The second-order valence-electron chi connectivity index (χ2n) is 7.80. The van der Waals surface area contributed by atoms with Gasteiger partial charge in [0.15, 0.2) is 17.4 Å². The van der Waals surface area contributed by atoms with Crippen molar-refractivity contribution < 1.29 is 18.7 Å². The Morgan fingerprint density at radius 1 is 1.32 bits per heavy atom. The average molecular weight is 383 g/mol. The molecule has 146 valence electrons. The molecule has 28 heavy (non-hydrogen) atoms. The van der Waals surface area contributed by atoms with E-state index in [-0.39, 0.29) is 16.7 Å². The van der Waals surface area contributed by atoms with E-state index in [1.807, 2.05) is 17.5 Å². The summed E-state index contributed by atoms with van der Waals surface area (Å²) in [5.74, 6) is 0.752. The van der Waals surface area contributed by atoms with Gasteiger partial charge in [-0.15, -0.1) is 0 Å². The van der Waals surface area contributed by atoms with Crippen molar-refractivity contribution in [2.24, 2.45) is 0 Å². The number of oxazole rings is 1. The minimum Gasteiger partial charge on any atom is -0.475 e. The Morgan fingerprint density at radius 3 is 2.79 bits per heavy atom. The van der Waals surface area contributed by atoms with Gasteiger partial charge in [0.1, 0.15) is 6.26 Å². The largest absolute Gasteiger partial charge is 0.475 e. The molecule has 9 nitrogen and oxygen atoms in total. The smallest absolute Gasteiger partial charge is 0.278 e. The van der Waals surface area contributed by atoms with E-state index in [0.717, 1.165) is 18.5 Å². The molecule has 9 heteroatoms. The fourth-order valence-electron chi connectivity index (χ4n) is 4.32. The van der Waals surface area contributed by atoms with Crippen LogP contribution in [0.4, 0.5) is 5.82 Å². The van der Waals surface area contributed by atoms with E-state index in [1.165, 1.54) is 6.26 Å². The predicted octanol–water partition coefficient (Wildman–Crippen LogP) is 2.50. The molecule has 5 heterocycles. The first-order chi connectivity index (χ1) is 13.4. The molecule has 0 atom stereocenters. The van der Waals surface area contributed by atoms with Gasteiger partial charge in [-0.3, -0.25) is 9.20 Å². The van der Waals surface area contributed by atoms with Crippen LogP contribution in [0.3, 0.4) is 0 Å². The molecule has 3 fully saturated rings. The molecular weight excluding hydrogens is 362 g/mol. The molecule has 0 radical (unpaired) electrons. The summed E-state index contributed by atoms with van der Waals surface area (Å²) in [6, 6.07) is 0. The van der Waals surface area contributed by atoms with Gasteiger partial charge in [-0.2, -0.15) is 4.98 Å². The lowest BCUT2D eigenvalue weighted by molar-refractivity contribution is 0.0154. The third-order valence-corrected chi connectivity index (χ3v) is 5.45. The molecule has 0 unspecified atom stereocenters. The Kier molecular flexibility index (Phi) is 3.54. The minimum atomic E-state index is -0.399. The highest BCUT2D eigenvalue weighted by Crippen LogP contribution is 2.58. The van der Waals surface area contributed by atoms with Crippen molar-refractivity contribution in [1.82, 2.24) is 19.4 Å². The molecular formula is C19H21N5O4. The molecule has 1 amide bonds. The number of hydrogen-bond acceptors (Lipinski definition) is 7. The Balaban J connectivity index is 1.50. The summed E-state index contributed by atoms with van der Waals surface area (Å²) < 4.78 is 18.5. The van der Waals surface area contributed by atoms with Gasteiger partial charge in [0.25, 0.3) is 11.8 Å². The lowest BCUT2D eigenvalue weighted by atomic mass is 9.62. The van der Waals surface area contributed by atoms with Crippen molar-refractivity contribution in [2.45, 2.75) is 44.6 Å². The first-order valence-electron chi connectivity index (χ1n) is 9.30. The molecule has 2 bridgehead atoms. The number of amides is 1. The minimum absolute atomic E-state index is 0.0222. The zero-order valence-electron chi connectivity index (χ0n) is 16.0. The molecule has 3 aliphatic rings. The Morgan fingerprint density at radius 2 is 2.14 bits per heavy atom. The molecule has 2 saturated heterocycles.